The number of aryl methyl sites for hydroxylation is 1. The zero-order valence-electron chi connectivity index (χ0n) is 18.3. The van der Waals surface area contributed by atoms with E-state index in [4.69, 9.17) is 12.2 Å². The second kappa shape index (κ2) is 8.80. The molecule has 5 heteroatoms. The van der Waals surface area contributed by atoms with Gasteiger partial charge in [-0.15, -0.1) is 0 Å². The summed E-state index contributed by atoms with van der Waals surface area (Å²) in [6, 6.07) is 13.1. The minimum absolute atomic E-state index is 0.0831. The molecule has 0 radical (unpaired) electrons. The van der Waals surface area contributed by atoms with E-state index in [9.17, 15) is 0 Å². The molecular formula is C24H34N4S. The first-order valence-corrected chi connectivity index (χ1v) is 10.8. The predicted octanol–water partition coefficient (Wildman–Crippen LogP) is 4.58. The minimum Gasteiger partial charge on any atom is -0.360 e. The zero-order chi connectivity index (χ0) is 21.1. The Morgan fingerprint density at radius 2 is 1.76 bits per heavy atom. The minimum atomic E-state index is 0.0831. The molecule has 2 heterocycles. The normalized spacial score (nSPS) is 18.2. The van der Waals surface area contributed by atoms with Crippen LogP contribution in [0, 0.1) is 6.92 Å². The van der Waals surface area contributed by atoms with E-state index >= 15 is 0 Å². The van der Waals surface area contributed by atoms with Gasteiger partial charge < -0.3 is 15.5 Å². The van der Waals surface area contributed by atoms with Gasteiger partial charge in [-0.1, -0.05) is 35.9 Å². The maximum absolute atomic E-state index is 5.91. The third-order valence-electron chi connectivity index (χ3n) is 5.36. The van der Waals surface area contributed by atoms with Crippen molar-refractivity contribution in [3.63, 3.8) is 0 Å². The van der Waals surface area contributed by atoms with Gasteiger partial charge in [0.05, 0.1) is 0 Å². The molecule has 0 atom stereocenters. The van der Waals surface area contributed by atoms with Gasteiger partial charge in [0.15, 0.2) is 5.11 Å². The lowest BCUT2D eigenvalue weighted by Gasteiger charge is -2.47. The zero-order valence-corrected chi connectivity index (χ0v) is 19.1. The van der Waals surface area contributed by atoms with Crippen LogP contribution in [-0.4, -0.2) is 32.1 Å². The Balaban J connectivity index is 1.76. The van der Waals surface area contributed by atoms with Crippen molar-refractivity contribution in [1.29, 1.82) is 0 Å². The number of rotatable bonds is 5. The molecule has 2 aromatic rings. The molecule has 0 spiro atoms. The van der Waals surface area contributed by atoms with Gasteiger partial charge in [-0.2, -0.15) is 0 Å². The highest BCUT2D eigenvalue weighted by molar-refractivity contribution is 7.80. The molecule has 1 aromatic carbocycles. The fraction of sp³-hybridized carbons (Fsp3) is 0.500. The van der Waals surface area contributed by atoms with Gasteiger partial charge in [0.1, 0.15) is 0 Å². The van der Waals surface area contributed by atoms with Crippen LogP contribution in [0.4, 0.5) is 0 Å². The largest absolute Gasteiger partial charge is 0.360 e. The first kappa shape index (κ1) is 21.7. The number of benzene rings is 1. The topological polar surface area (TPSA) is 40.2 Å². The van der Waals surface area contributed by atoms with Crippen molar-refractivity contribution in [2.75, 3.05) is 0 Å². The van der Waals surface area contributed by atoms with Crippen LogP contribution in [0.15, 0.2) is 48.8 Å². The van der Waals surface area contributed by atoms with Gasteiger partial charge in [0.25, 0.3) is 0 Å². The number of pyridine rings is 1. The van der Waals surface area contributed by atoms with Crippen LogP contribution in [0.2, 0.25) is 0 Å². The van der Waals surface area contributed by atoms with Gasteiger partial charge in [0.2, 0.25) is 0 Å². The Morgan fingerprint density at radius 3 is 2.38 bits per heavy atom. The lowest BCUT2D eigenvalue weighted by atomic mass is 9.80. The van der Waals surface area contributed by atoms with Gasteiger partial charge in [-0.05, 0) is 76.9 Å². The summed E-state index contributed by atoms with van der Waals surface area (Å²) in [7, 11) is 0. The van der Waals surface area contributed by atoms with Crippen LogP contribution in [-0.2, 0) is 13.1 Å². The summed E-state index contributed by atoms with van der Waals surface area (Å²) in [5.41, 5.74) is 3.86. The molecule has 0 unspecified atom stereocenters. The second-order valence-electron chi connectivity index (χ2n) is 9.65. The van der Waals surface area contributed by atoms with Crippen molar-refractivity contribution in [2.24, 2.45) is 0 Å². The van der Waals surface area contributed by atoms with E-state index in [1.165, 1.54) is 11.1 Å². The van der Waals surface area contributed by atoms with E-state index in [-0.39, 0.29) is 11.1 Å². The molecule has 156 valence electrons. The third-order valence-corrected chi connectivity index (χ3v) is 5.73. The molecule has 1 aromatic heterocycles. The summed E-state index contributed by atoms with van der Waals surface area (Å²) in [5.74, 6) is 0. The number of thiocarbonyl (C=S) groups is 1. The van der Waals surface area contributed by atoms with Crippen LogP contribution >= 0.6 is 12.2 Å². The fourth-order valence-electron chi connectivity index (χ4n) is 4.63. The number of piperidine rings is 1. The SMILES string of the molecule is Cc1cccc(CN(Cc2cccnc2)C(=S)NC2CC(C)(C)NC(C)(C)C2)c1. The van der Waals surface area contributed by atoms with E-state index in [1.54, 1.807) is 0 Å². The molecule has 1 saturated heterocycles. The Kier molecular flexibility index (Phi) is 6.59. The van der Waals surface area contributed by atoms with E-state index in [1.807, 2.05) is 18.5 Å². The van der Waals surface area contributed by atoms with Crippen LogP contribution < -0.4 is 10.6 Å². The monoisotopic (exact) mass is 410 g/mol. The lowest BCUT2D eigenvalue weighted by Crippen LogP contribution is -2.62. The molecule has 29 heavy (non-hydrogen) atoms. The maximum atomic E-state index is 5.91. The van der Waals surface area contributed by atoms with Crippen LogP contribution in [0.3, 0.4) is 0 Å². The molecule has 1 fully saturated rings. The summed E-state index contributed by atoms with van der Waals surface area (Å²) in [5, 5.41) is 8.24. The molecule has 0 amide bonds. The molecule has 4 nitrogen and oxygen atoms in total. The highest BCUT2D eigenvalue weighted by Gasteiger charge is 2.38. The molecule has 0 bridgehead atoms. The van der Waals surface area contributed by atoms with Crippen molar-refractivity contribution in [1.82, 2.24) is 20.5 Å². The van der Waals surface area contributed by atoms with Crippen LogP contribution in [0.5, 0.6) is 0 Å². The van der Waals surface area contributed by atoms with Gasteiger partial charge in [-0.25, -0.2) is 0 Å². The summed E-state index contributed by atoms with van der Waals surface area (Å²) < 4.78 is 0. The van der Waals surface area contributed by atoms with Crippen molar-refractivity contribution in [3.8, 4) is 0 Å². The summed E-state index contributed by atoms with van der Waals surface area (Å²) >= 11 is 5.91. The first-order valence-electron chi connectivity index (χ1n) is 10.4. The molecule has 0 aliphatic carbocycles. The quantitative estimate of drug-likeness (QED) is 0.706. The van der Waals surface area contributed by atoms with Crippen molar-refractivity contribution >= 4 is 17.3 Å². The molecule has 1 aliphatic rings. The number of nitrogens with zero attached hydrogens (tertiary/aromatic N) is 2. The predicted molar refractivity (Wildman–Crippen MR) is 125 cm³/mol. The molecule has 3 rings (SSSR count). The van der Waals surface area contributed by atoms with Crippen molar-refractivity contribution in [2.45, 2.75) is 77.7 Å². The summed E-state index contributed by atoms with van der Waals surface area (Å²) in [6.07, 6.45) is 5.82. The Morgan fingerprint density at radius 1 is 1.10 bits per heavy atom. The van der Waals surface area contributed by atoms with Gasteiger partial charge in [-0.3, -0.25) is 4.98 Å². The Bertz CT molecular complexity index is 816. The highest BCUT2D eigenvalue weighted by atomic mass is 32.1. The molecule has 0 saturated carbocycles. The fourth-order valence-corrected chi connectivity index (χ4v) is 4.93. The number of hydrogen-bond donors (Lipinski definition) is 2. The standard InChI is InChI=1S/C24H34N4S/c1-18-8-6-9-19(12-18)16-28(17-20-10-7-11-25-15-20)22(29)26-21-13-23(2,3)27-24(4,5)14-21/h6-12,15,21,27H,13-14,16-17H2,1-5H3,(H,26,29). The third kappa shape index (κ3) is 6.51. The highest BCUT2D eigenvalue weighted by Crippen LogP contribution is 2.28. The summed E-state index contributed by atoms with van der Waals surface area (Å²) in [6.45, 7) is 12.7. The number of nitrogens with one attached hydrogen (secondary N) is 2. The van der Waals surface area contributed by atoms with Crippen LogP contribution in [0.25, 0.3) is 0 Å². The Labute approximate surface area is 181 Å². The smallest absolute Gasteiger partial charge is 0.169 e. The number of aromatic nitrogens is 1. The van der Waals surface area contributed by atoms with Crippen molar-refractivity contribution in [3.05, 3.63) is 65.5 Å². The number of hydrogen-bond acceptors (Lipinski definition) is 3. The Hall–Kier alpha value is -1.98. The van der Waals surface area contributed by atoms with Gasteiger partial charge in [0, 0.05) is 42.6 Å². The average molecular weight is 411 g/mol. The van der Waals surface area contributed by atoms with Gasteiger partial charge >= 0.3 is 0 Å². The average Bonchev–Trinajstić information content (AvgIpc) is 2.59. The van der Waals surface area contributed by atoms with Crippen molar-refractivity contribution < 1.29 is 0 Å². The second-order valence-corrected chi connectivity index (χ2v) is 10.0. The molecular weight excluding hydrogens is 376 g/mol. The lowest BCUT2D eigenvalue weighted by molar-refractivity contribution is 0.153. The summed E-state index contributed by atoms with van der Waals surface area (Å²) in [4.78, 5) is 6.53. The molecule has 2 N–H and O–H groups in total. The van der Waals surface area contributed by atoms with E-state index in [0.717, 1.165) is 36.6 Å². The molecule has 1 aliphatic heterocycles. The first-order chi connectivity index (χ1) is 13.6. The van der Waals surface area contributed by atoms with E-state index in [2.05, 4.69) is 85.5 Å². The maximum Gasteiger partial charge on any atom is 0.169 e. The van der Waals surface area contributed by atoms with E-state index < -0.39 is 0 Å². The van der Waals surface area contributed by atoms with E-state index in [0.29, 0.717) is 6.04 Å². The van der Waals surface area contributed by atoms with Crippen LogP contribution in [0.1, 0.15) is 57.2 Å².